The minimum absolute atomic E-state index is 0.270. The Morgan fingerprint density at radius 3 is 2.56 bits per heavy atom. The Kier molecular flexibility index (Phi) is 6.38. The molecule has 2 aromatic rings. The molecule has 1 heterocycles. The fourth-order valence-electron chi connectivity index (χ4n) is 2.91. The summed E-state index contributed by atoms with van der Waals surface area (Å²) in [6, 6.07) is 14.3. The fraction of sp³-hybridized carbons (Fsp3) is 0.348. The molecule has 4 heteroatoms. The van der Waals surface area contributed by atoms with Crippen LogP contribution in [0.1, 0.15) is 49.2 Å². The number of benzene rings is 2. The van der Waals surface area contributed by atoms with Gasteiger partial charge < -0.3 is 4.74 Å². The molecule has 142 valence electrons. The highest BCUT2D eigenvalue weighted by atomic mass is 32.2. The summed E-state index contributed by atoms with van der Waals surface area (Å²) in [5.74, 6) is 2.01. The van der Waals surface area contributed by atoms with Gasteiger partial charge in [0.05, 0.1) is 12.2 Å². The second kappa shape index (κ2) is 8.57. The van der Waals surface area contributed by atoms with E-state index in [9.17, 15) is 4.79 Å². The minimum Gasteiger partial charge on any atom is -0.462 e. The number of thioether (sulfide) groups is 2. The monoisotopic (exact) mass is 398 g/mol. The third-order valence-electron chi connectivity index (χ3n) is 4.46. The van der Waals surface area contributed by atoms with Crippen LogP contribution >= 0.6 is 23.5 Å². The highest BCUT2D eigenvalue weighted by molar-refractivity contribution is 8.03. The van der Waals surface area contributed by atoms with E-state index in [1.54, 1.807) is 0 Å². The van der Waals surface area contributed by atoms with E-state index in [0.717, 1.165) is 22.6 Å². The molecule has 0 N–H and O–H groups in total. The van der Waals surface area contributed by atoms with Crippen LogP contribution in [0.2, 0.25) is 0 Å². The van der Waals surface area contributed by atoms with Gasteiger partial charge in [-0.1, -0.05) is 44.2 Å². The molecule has 2 aromatic carbocycles. The van der Waals surface area contributed by atoms with Crippen LogP contribution in [0.3, 0.4) is 0 Å². The quantitative estimate of drug-likeness (QED) is 0.425. The lowest BCUT2D eigenvalue weighted by atomic mass is 10.0. The van der Waals surface area contributed by atoms with Crippen LogP contribution in [0, 0.1) is 5.41 Å². The van der Waals surface area contributed by atoms with Crippen LogP contribution in [-0.2, 0) is 4.74 Å². The van der Waals surface area contributed by atoms with Gasteiger partial charge in [0, 0.05) is 21.3 Å². The van der Waals surface area contributed by atoms with E-state index in [0.29, 0.717) is 17.6 Å². The van der Waals surface area contributed by atoms with E-state index < -0.39 is 0 Å². The lowest BCUT2D eigenvalue weighted by Gasteiger charge is -2.19. The maximum atomic E-state index is 12.2. The predicted octanol–water partition coefficient (Wildman–Crippen LogP) is 6.65. The molecule has 27 heavy (non-hydrogen) atoms. The number of ether oxygens (including phenoxy) is 1. The summed E-state index contributed by atoms with van der Waals surface area (Å²) in [4.78, 5) is 14.9. The van der Waals surface area contributed by atoms with Gasteiger partial charge in [0.2, 0.25) is 0 Å². The molecule has 0 aromatic heterocycles. The van der Waals surface area contributed by atoms with Gasteiger partial charge in [0.25, 0.3) is 0 Å². The largest absolute Gasteiger partial charge is 0.462 e. The first-order chi connectivity index (χ1) is 12.9. The Labute approximate surface area is 170 Å². The predicted molar refractivity (Wildman–Crippen MR) is 118 cm³/mol. The molecule has 0 aliphatic carbocycles. The SMILES string of the molecule is CCOC(=O)c1ccccc1/C=C(\C)c1ccc2c(c1)SCC(C)(C)CS2. The lowest BCUT2D eigenvalue weighted by molar-refractivity contribution is 0.0526. The Balaban J connectivity index is 1.90. The van der Waals surface area contributed by atoms with Crippen molar-refractivity contribution in [1.29, 1.82) is 0 Å². The third kappa shape index (κ3) is 4.99. The van der Waals surface area contributed by atoms with Crippen molar-refractivity contribution in [1.82, 2.24) is 0 Å². The molecule has 0 unspecified atom stereocenters. The highest BCUT2D eigenvalue weighted by Gasteiger charge is 2.23. The number of carbonyl (C=O) groups is 1. The van der Waals surface area contributed by atoms with Crippen molar-refractivity contribution in [2.75, 3.05) is 18.1 Å². The first-order valence-electron chi connectivity index (χ1n) is 9.24. The molecule has 0 radical (unpaired) electrons. The number of fused-ring (bicyclic) bond motifs is 1. The van der Waals surface area contributed by atoms with E-state index in [1.165, 1.54) is 15.4 Å². The Morgan fingerprint density at radius 1 is 1.11 bits per heavy atom. The molecule has 0 bridgehead atoms. The summed E-state index contributed by atoms with van der Waals surface area (Å²) in [5.41, 5.74) is 4.19. The Morgan fingerprint density at radius 2 is 1.81 bits per heavy atom. The second-order valence-electron chi connectivity index (χ2n) is 7.54. The maximum Gasteiger partial charge on any atom is 0.338 e. The van der Waals surface area contributed by atoms with Crippen molar-refractivity contribution >= 4 is 41.1 Å². The molecule has 1 aliphatic heterocycles. The number of hydrogen-bond donors (Lipinski definition) is 0. The minimum atomic E-state index is -0.270. The Hall–Kier alpha value is -1.65. The van der Waals surface area contributed by atoms with Crippen LogP contribution in [-0.4, -0.2) is 24.1 Å². The second-order valence-corrected chi connectivity index (χ2v) is 9.57. The van der Waals surface area contributed by atoms with Crippen molar-refractivity contribution in [3.8, 4) is 0 Å². The van der Waals surface area contributed by atoms with Gasteiger partial charge in [-0.25, -0.2) is 4.79 Å². The molecule has 2 nitrogen and oxygen atoms in total. The smallest absolute Gasteiger partial charge is 0.338 e. The van der Waals surface area contributed by atoms with Crippen LogP contribution in [0.4, 0.5) is 0 Å². The molecule has 0 saturated carbocycles. The zero-order valence-electron chi connectivity index (χ0n) is 16.4. The molecular weight excluding hydrogens is 372 g/mol. The summed E-state index contributed by atoms with van der Waals surface area (Å²) < 4.78 is 5.19. The summed E-state index contributed by atoms with van der Waals surface area (Å²) in [6.07, 6.45) is 2.08. The number of allylic oxidation sites excluding steroid dienone is 1. The van der Waals surface area contributed by atoms with Crippen LogP contribution in [0.25, 0.3) is 11.6 Å². The topological polar surface area (TPSA) is 26.3 Å². The van der Waals surface area contributed by atoms with Gasteiger partial charge in [0.15, 0.2) is 0 Å². The number of hydrogen-bond acceptors (Lipinski definition) is 4. The van der Waals surface area contributed by atoms with Gasteiger partial charge in [-0.3, -0.25) is 0 Å². The normalized spacial score (nSPS) is 16.4. The summed E-state index contributed by atoms with van der Waals surface area (Å²) in [7, 11) is 0. The van der Waals surface area contributed by atoms with Gasteiger partial charge in [-0.2, -0.15) is 0 Å². The molecule has 0 amide bonds. The standard InChI is InChI=1S/C23H26O2S2/c1-5-25-22(24)19-9-7-6-8-18(19)12-16(2)17-10-11-20-21(13-17)27-15-23(3,4)14-26-20/h6-13H,5,14-15H2,1-4H3/b16-12+. The van der Waals surface area contributed by atoms with Crippen molar-refractivity contribution in [2.45, 2.75) is 37.5 Å². The van der Waals surface area contributed by atoms with E-state index in [4.69, 9.17) is 4.74 Å². The van der Waals surface area contributed by atoms with Crippen molar-refractivity contribution < 1.29 is 9.53 Å². The number of rotatable bonds is 4. The summed E-state index contributed by atoms with van der Waals surface area (Å²) >= 11 is 3.90. The maximum absolute atomic E-state index is 12.2. The molecule has 3 rings (SSSR count). The van der Waals surface area contributed by atoms with E-state index in [-0.39, 0.29) is 5.97 Å². The summed E-state index contributed by atoms with van der Waals surface area (Å²) in [6.45, 7) is 8.97. The zero-order valence-corrected chi connectivity index (χ0v) is 18.0. The molecule has 1 aliphatic rings. The fourth-order valence-corrected chi connectivity index (χ4v) is 5.47. The van der Waals surface area contributed by atoms with E-state index in [2.05, 4.69) is 45.0 Å². The molecular formula is C23H26O2S2. The van der Waals surface area contributed by atoms with Crippen LogP contribution in [0.5, 0.6) is 0 Å². The van der Waals surface area contributed by atoms with Crippen LogP contribution in [0.15, 0.2) is 52.3 Å². The molecule has 0 saturated heterocycles. The first-order valence-corrected chi connectivity index (χ1v) is 11.2. The zero-order chi connectivity index (χ0) is 19.4. The summed E-state index contributed by atoms with van der Waals surface area (Å²) in [5, 5.41) is 0. The number of carbonyl (C=O) groups excluding carboxylic acids is 1. The molecule has 0 fully saturated rings. The lowest BCUT2D eigenvalue weighted by Crippen LogP contribution is -2.16. The average Bonchev–Trinajstić information content (AvgIpc) is 2.80. The first kappa shape index (κ1) is 20.1. The van der Waals surface area contributed by atoms with Gasteiger partial charge in [-0.05, 0) is 54.2 Å². The number of esters is 1. The third-order valence-corrected chi connectivity index (χ3v) is 7.76. The van der Waals surface area contributed by atoms with Gasteiger partial charge in [-0.15, -0.1) is 23.5 Å². The molecule has 0 spiro atoms. The van der Waals surface area contributed by atoms with Crippen molar-refractivity contribution in [3.63, 3.8) is 0 Å². The van der Waals surface area contributed by atoms with Crippen LogP contribution < -0.4 is 0 Å². The van der Waals surface area contributed by atoms with Crippen molar-refractivity contribution in [2.24, 2.45) is 5.41 Å². The van der Waals surface area contributed by atoms with Crippen molar-refractivity contribution in [3.05, 3.63) is 59.2 Å². The van der Waals surface area contributed by atoms with E-state index >= 15 is 0 Å². The van der Waals surface area contributed by atoms with Gasteiger partial charge in [0.1, 0.15) is 0 Å². The Bertz CT molecular complexity index is 868. The van der Waals surface area contributed by atoms with Gasteiger partial charge >= 0.3 is 5.97 Å². The molecule has 0 atom stereocenters. The van der Waals surface area contributed by atoms with E-state index in [1.807, 2.05) is 54.7 Å². The average molecular weight is 399 g/mol. The highest BCUT2D eigenvalue weighted by Crippen LogP contribution is 2.43.